The number of likely N-dealkylation sites (tertiary alicyclic amines) is 1. The molecule has 0 spiro atoms. The van der Waals surface area contributed by atoms with Gasteiger partial charge in [0.25, 0.3) is 0 Å². The summed E-state index contributed by atoms with van der Waals surface area (Å²) in [6, 6.07) is 8.86. The Balaban J connectivity index is 1.92. The zero-order valence-corrected chi connectivity index (χ0v) is 12.0. The number of benzene rings is 1. The summed E-state index contributed by atoms with van der Waals surface area (Å²) < 4.78 is 0. The normalized spacial score (nSPS) is 17.1. The molecule has 1 aromatic carbocycles. The Bertz CT molecular complexity index is 373. The second-order valence-electron chi connectivity index (χ2n) is 6.60. The van der Waals surface area contributed by atoms with Gasteiger partial charge in [-0.25, -0.2) is 0 Å². The first-order valence-corrected chi connectivity index (χ1v) is 7.08. The van der Waals surface area contributed by atoms with Gasteiger partial charge in [-0.1, -0.05) is 32.9 Å². The lowest BCUT2D eigenvalue weighted by Gasteiger charge is -2.20. The number of hydrogen-bond acceptors (Lipinski definition) is 2. The highest BCUT2D eigenvalue weighted by Gasteiger charge is 2.12. The quantitative estimate of drug-likeness (QED) is 0.870. The van der Waals surface area contributed by atoms with E-state index in [1.807, 2.05) is 0 Å². The Morgan fingerprint density at radius 1 is 1.17 bits per heavy atom. The van der Waals surface area contributed by atoms with Crippen LogP contribution in [0.5, 0.6) is 0 Å². The minimum atomic E-state index is 0.324. The molecule has 100 valence electrons. The first-order chi connectivity index (χ1) is 8.53. The Labute approximate surface area is 111 Å². The molecule has 1 saturated heterocycles. The zero-order valence-electron chi connectivity index (χ0n) is 12.0. The number of nitrogens with one attached hydrogen (secondary N) is 1. The van der Waals surface area contributed by atoms with Crippen LogP contribution in [0.4, 0.5) is 5.69 Å². The lowest BCUT2D eigenvalue weighted by molar-refractivity contribution is 0.331. The molecule has 1 heterocycles. The third-order valence-electron chi connectivity index (χ3n) is 3.35. The van der Waals surface area contributed by atoms with Gasteiger partial charge in [0, 0.05) is 18.8 Å². The van der Waals surface area contributed by atoms with E-state index >= 15 is 0 Å². The van der Waals surface area contributed by atoms with Crippen LogP contribution in [0.1, 0.15) is 39.2 Å². The Kier molecular flexibility index (Phi) is 4.28. The summed E-state index contributed by atoms with van der Waals surface area (Å²) in [6.07, 6.45) is 2.73. The molecular weight excluding hydrogens is 220 g/mol. The Morgan fingerprint density at radius 2 is 1.89 bits per heavy atom. The fraction of sp³-hybridized carbons (Fsp3) is 0.625. The molecule has 2 heteroatoms. The molecule has 1 aliphatic rings. The molecule has 0 radical (unpaired) electrons. The molecule has 1 N–H and O–H groups in total. The predicted molar refractivity (Wildman–Crippen MR) is 78.9 cm³/mol. The molecule has 0 saturated carbocycles. The number of nitrogens with zero attached hydrogens (tertiary/aromatic N) is 1. The van der Waals surface area contributed by atoms with Crippen LogP contribution in [-0.2, 0) is 6.54 Å². The van der Waals surface area contributed by atoms with Crippen molar-refractivity contribution in [3.05, 3.63) is 29.8 Å². The van der Waals surface area contributed by atoms with Crippen molar-refractivity contribution in [2.45, 2.75) is 40.2 Å². The molecular formula is C16H26N2. The van der Waals surface area contributed by atoms with E-state index in [4.69, 9.17) is 0 Å². The van der Waals surface area contributed by atoms with Crippen LogP contribution in [0.2, 0.25) is 0 Å². The van der Waals surface area contributed by atoms with Crippen molar-refractivity contribution >= 4 is 5.69 Å². The second-order valence-corrected chi connectivity index (χ2v) is 6.60. The molecule has 0 bridgehead atoms. The fourth-order valence-electron chi connectivity index (χ4n) is 2.35. The van der Waals surface area contributed by atoms with E-state index in [0.717, 1.165) is 13.1 Å². The van der Waals surface area contributed by atoms with Crippen LogP contribution < -0.4 is 5.32 Å². The van der Waals surface area contributed by atoms with E-state index in [9.17, 15) is 0 Å². The van der Waals surface area contributed by atoms with Gasteiger partial charge in [0.1, 0.15) is 0 Å². The van der Waals surface area contributed by atoms with Crippen LogP contribution in [0.15, 0.2) is 24.3 Å². The summed E-state index contributed by atoms with van der Waals surface area (Å²) in [7, 11) is 0. The van der Waals surface area contributed by atoms with Crippen LogP contribution in [0, 0.1) is 5.41 Å². The number of rotatable bonds is 4. The van der Waals surface area contributed by atoms with Gasteiger partial charge in [0.2, 0.25) is 0 Å². The van der Waals surface area contributed by atoms with Crippen LogP contribution >= 0.6 is 0 Å². The van der Waals surface area contributed by atoms with Gasteiger partial charge < -0.3 is 5.32 Å². The lowest BCUT2D eigenvalue weighted by atomic mass is 9.97. The Morgan fingerprint density at radius 3 is 2.56 bits per heavy atom. The van der Waals surface area contributed by atoms with Crippen LogP contribution in [0.25, 0.3) is 0 Å². The molecule has 1 aliphatic heterocycles. The maximum absolute atomic E-state index is 3.53. The first kappa shape index (κ1) is 13.4. The molecule has 1 fully saturated rings. The predicted octanol–water partition coefficient (Wildman–Crippen LogP) is 3.74. The lowest BCUT2D eigenvalue weighted by Crippen LogP contribution is -2.20. The molecule has 0 aliphatic carbocycles. The smallest absolute Gasteiger partial charge is 0.0343 e. The van der Waals surface area contributed by atoms with Crippen LogP contribution in [0.3, 0.4) is 0 Å². The maximum atomic E-state index is 3.53. The topological polar surface area (TPSA) is 15.3 Å². The third kappa shape index (κ3) is 4.34. The fourth-order valence-corrected chi connectivity index (χ4v) is 2.35. The van der Waals surface area contributed by atoms with Gasteiger partial charge in [-0.3, -0.25) is 4.90 Å². The molecule has 0 amide bonds. The summed E-state index contributed by atoms with van der Waals surface area (Å²) in [5.74, 6) is 0. The van der Waals surface area contributed by atoms with Crippen molar-refractivity contribution in [1.82, 2.24) is 4.90 Å². The van der Waals surface area contributed by atoms with Crippen molar-refractivity contribution < 1.29 is 0 Å². The van der Waals surface area contributed by atoms with E-state index in [0.29, 0.717) is 5.41 Å². The molecule has 1 aromatic rings. The number of anilines is 1. The third-order valence-corrected chi connectivity index (χ3v) is 3.35. The molecule has 0 unspecified atom stereocenters. The van der Waals surface area contributed by atoms with Gasteiger partial charge in [0.05, 0.1) is 0 Å². The second kappa shape index (κ2) is 5.75. The average Bonchev–Trinajstić information content (AvgIpc) is 2.79. The van der Waals surface area contributed by atoms with Crippen molar-refractivity contribution in [3.8, 4) is 0 Å². The van der Waals surface area contributed by atoms with Crippen molar-refractivity contribution in [3.63, 3.8) is 0 Å². The summed E-state index contributed by atoms with van der Waals surface area (Å²) >= 11 is 0. The zero-order chi connectivity index (χ0) is 13.0. The molecule has 0 aromatic heterocycles. The standard InChI is InChI=1S/C16H26N2/c1-16(2,3)13-17-15-8-6-7-14(11-15)12-18-9-4-5-10-18/h6-8,11,17H,4-5,9-10,12-13H2,1-3H3. The average molecular weight is 246 g/mol. The van der Waals surface area contributed by atoms with Gasteiger partial charge in [0.15, 0.2) is 0 Å². The van der Waals surface area contributed by atoms with Gasteiger partial charge in [-0.15, -0.1) is 0 Å². The van der Waals surface area contributed by atoms with Gasteiger partial charge in [-0.05, 0) is 49.0 Å². The van der Waals surface area contributed by atoms with Crippen LogP contribution in [-0.4, -0.2) is 24.5 Å². The highest BCUT2D eigenvalue weighted by Crippen LogP contribution is 2.18. The highest BCUT2D eigenvalue weighted by atomic mass is 15.1. The highest BCUT2D eigenvalue weighted by molar-refractivity contribution is 5.45. The monoisotopic (exact) mass is 246 g/mol. The molecule has 2 nitrogen and oxygen atoms in total. The number of hydrogen-bond donors (Lipinski definition) is 1. The van der Waals surface area contributed by atoms with E-state index in [-0.39, 0.29) is 0 Å². The molecule has 18 heavy (non-hydrogen) atoms. The summed E-state index contributed by atoms with van der Waals surface area (Å²) in [6.45, 7) is 11.4. The minimum absolute atomic E-state index is 0.324. The summed E-state index contributed by atoms with van der Waals surface area (Å²) in [5.41, 5.74) is 3.00. The minimum Gasteiger partial charge on any atom is -0.385 e. The van der Waals surface area contributed by atoms with E-state index in [1.54, 1.807) is 0 Å². The van der Waals surface area contributed by atoms with E-state index in [1.165, 1.54) is 37.2 Å². The largest absolute Gasteiger partial charge is 0.385 e. The Hall–Kier alpha value is -1.02. The van der Waals surface area contributed by atoms with E-state index < -0.39 is 0 Å². The van der Waals surface area contributed by atoms with Gasteiger partial charge in [-0.2, -0.15) is 0 Å². The van der Waals surface area contributed by atoms with Crippen molar-refractivity contribution in [2.24, 2.45) is 5.41 Å². The SMILES string of the molecule is CC(C)(C)CNc1cccc(CN2CCCC2)c1. The molecule has 0 atom stereocenters. The maximum Gasteiger partial charge on any atom is 0.0343 e. The summed E-state index contributed by atoms with van der Waals surface area (Å²) in [4.78, 5) is 2.54. The summed E-state index contributed by atoms with van der Waals surface area (Å²) in [5, 5.41) is 3.53. The van der Waals surface area contributed by atoms with Crippen molar-refractivity contribution in [2.75, 3.05) is 25.0 Å². The molecule has 2 rings (SSSR count). The first-order valence-electron chi connectivity index (χ1n) is 7.08. The van der Waals surface area contributed by atoms with E-state index in [2.05, 4.69) is 55.3 Å². The van der Waals surface area contributed by atoms with Gasteiger partial charge >= 0.3 is 0 Å². The van der Waals surface area contributed by atoms with Crippen molar-refractivity contribution in [1.29, 1.82) is 0 Å².